The molecule has 0 saturated carbocycles. The molecule has 0 spiro atoms. The average molecular weight is 210 g/mol. The smallest absolute Gasteiger partial charge is 0.0964 e. The van der Waals surface area contributed by atoms with Crippen LogP contribution in [0, 0.1) is 0 Å². The zero-order chi connectivity index (χ0) is 10.7. The summed E-state index contributed by atoms with van der Waals surface area (Å²) in [6, 6.07) is 0.461. The van der Waals surface area contributed by atoms with E-state index in [0.29, 0.717) is 6.04 Å². The number of hydrazine groups is 1. The van der Waals surface area contributed by atoms with E-state index < -0.39 is 0 Å². The molecule has 6 heteroatoms. The number of piperidine rings is 1. The van der Waals surface area contributed by atoms with E-state index in [1.165, 1.54) is 0 Å². The highest BCUT2D eigenvalue weighted by atomic mass is 15.5. The Kier molecular flexibility index (Phi) is 3.30. The summed E-state index contributed by atoms with van der Waals surface area (Å²) in [6.07, 6.45) is 4.13. The molecule has 0 amide bonds. The molecule has 6 nitrogen and oxygen atoms in total. The molecule has 0 aromatic carbocycles. The summed E-state index contributed by atoms with van der Waals surface area (Å²) in [6.45, 7) is 2.65. The fraction of sp³-hybridized carbons (Fsp3) is 0.778. The van der Waals surface area contributed by atoms with Crippen molar-refractivity contribution in [3.8, 4) is 0 Å². The minimum Gasteiger partial charge on any atom is -0.314 e. The van der Waals surface area contributed by atoms with Crippen molar-refractivity contribution in [2.75, 3.05) is 20.1 Å². The van der Waals surface area contributed by atoms with Gasteiger partial charge >= 0.3 is 0 Å². The van der Waals surface area contributed by atoms with Crippen molar-refractivity contribution in [1.29, 1.82) is 0 Å². The molecule has 3 N–H and O–H groups in total. The van der Waals surface area contributed by atoms with E-state index in [9.17, 15) is 0 Å². The van der Waals surface area contributed by atoms with Gasteiger partial charge in [-0.1, -0.05) is 5.21 Å². The Bertz CT molecular complexity index is 301. The van der Waals surface area contributed by atoms with Crippen LogP contribution in [0.5, 0.6) is 0 Å². The first-order chi connectivity index (χ1) is 7.29. The Morgan fingerprint density at radius 2 is 2.27 bits per heavy atom. The van der Waals surface area contributed by atoms with Gasteiger partial charge in [-0.3, -0.25) is 5.84 Å². The van der Waals surface area contributed by atoms with Gasteiger partial charge < -0.3 is 5.32 Å². The summed E-state index contributed by atoms with van der Waals surface area (Å²) in [4.78, 5) is 0. The number of nitrogens with two attached hydrogens (primary N) is 1. The van der Waals surface area contributed by atoms with E-state index in [-0.39, 0.29) is 0 Å². The van der Waals surface area contributed by atoms with Crippen molar-refractivity contribution in [2.45, 2.75) is 25.4 Å². The van der Waals surface area contributed by atoms with E-state index in [4.69, 9.17) is 5.84 Å². The maximum absolute atomic E-state index is 5.71. The summed E-state index contributed by atoms with van der Waals surface area (Å²) < 4.78 is 1.97. The van der Waals surface area contributed by atoms with Gasteiger partial charge in [-0.25, -0.2) is 9.69 Å². The molecule has 1 aliphatic heterocycles. The third kappa shape index (κ3) is 2.53. The summed E-state index contributed by atoms with van der Waals surface area (Å²) >= 11 is 0. The predicted molar refractivity (Wildman–Crippen MR) is 56.8 cm³/mol. The first kappa shape index (κ1) is 10.5. The number of rotatable bonds is 3. The molecule has 0 aliphatic carbocycles. The highest BCUT2D eigenvalue weighted by Crippen LogP contribution is 2.19. The van der Waals surface area contributed by atoms with E-state index in [1.54, 1.807) is 0 Å². The molecule has 0 atom stereocenters. The lowest BCUT2D eigenvalue weighted by molar-refractivity contribution is 0.182. The normalized spacial score (nSPS) is 19.6. The van der Waals surface area contributed by atoms with Crippen molar-refractivity contribution < 1.29 is 0 Å². The lowest BCUT2D eigenvalue weighted by atomic mass is 10.1. The molecular formula is C9H18N6. The minimum absolute atomic E-state index is 0.461. The van der Waals surface area contributed by atoms with Crippen LogP contribution in [0.15, 0.2) is 6.20 Å². The van der Waals surface area contributed by atoms with Crippen LogP contribution in [0.2, 0.25) is 0 Å². The lowest BCUT2D eigenvalue weighted by Crippen LogP contribution is -2.39. The number of nitrogens with one attached hydrogen (secondary N) is 1. The van der Waals surface area contributed by atoms with Crippen LogP contribution in [-0.4, -0.2) is 40.1 Å². The molecule has 2 rings (SSSR count). The second kappa shape index (κ2) is 4.69. The third-order valence-corrected chi connectivity index (χ3v) is 2.79. The van der Waals surface area contributed by atoms with Gasteiger partial charge in [0.25, 0.3) is 0 Å². The topological polar surface area (TPSA) is 72.0 Å². The Morgan fingerprint density at radius 3 is 2.93 bits per heavy atom. The lowest BCUT2D eigenvalue weighted by Gasteiger charge is -2.28. The molecule has 1 saturated heterocycles. The van der Waals surface area contributed by atoms with Crippen molar-refractivity contribution >= 4 is 0 Å². The van der Waals surface area contributed by atoms with Gasteiger partial charge in [0.1, 0.15) is 0 Å². The van der Waals surface area contributed by atoms with Crippen LogP contribution >= 0.6 is 0 Å². The largest absolute Gasteiger partial charge is 0.314 e. The summed E-state index contributed by atoms with van der Waals surface area (Å²) in [5.74, 6) is 5.71. The SMILES string of the molecule is CNCc1cn(C2CCN(N)CC2)nn1. The number of hydrogen-bond acceptors (Lipinski definition) is 5. The van der Waals surface area contributed by atoms with Crippen LogP contribution in [0.1, 0.15) is 24.6 Å². The maximum Gasteiger partial charge on any atom is 0.0964 e. The Balaban J connectivity index is 1.96. The summed E-state index contributed by atoms with van der Waals surface area (Å²) in [5.41, 5.74) is 0.993. The van der Waals surface area contributed by atoms with Crippen LogP contribution in [0.25, 0.3) is 0 Å². The molecule has 2 heterocycles. The summed E-state index contributed by atoms with van der Waals surface area (Å²) in [7, 11) is 1.91. The van der Waals surface area contributed by atoms with E-state index in [2.05, 4.69) is 15.6 Å². The second-order valence-electron chi connectivity index (χ2n) is 3.99. The molecule has 0 bridgehead atoms. The molecule has 1 aromatic heterocycles. The quantitative estimate of drug-likeness (QED) is 0.659. The molecular weight excluding hydrogens is 192 g/mol. The number of nitrogens with zero attached hydrogens (tertiary/aromatic N) is 4. The zero-order valence-electron chi connectivity index (χ0n) is 9.06. The van der Waals surface area contributed by atoms with Gasteiger partial charge in [0.2, 0.25) is 0 Å². The molecule has 84 valence electrons. The summed E-state index contributed by atoms with van der Waals surface area (Å²) in [5, 5.41) is 13.2. The standard InChI is InChI=1S/C9H18N6/c1-11-6-8-7-15(13-12-8)9-2-4-14(10)5-3-9/h7,9,11H,2-6,10H2,1H3. The molecule has 1 aliphatic rings. The monoisotopic (exact) mass is 210 g/mol. The highest BCUT2D eigenvalue weighted by Gasteiger charge is 2.19. The minimum atomic E-state index is 0.461. The van der Waals surface area contributed by atoms with Crippen molar-refractivity contribution in [3.63, 3.8) is 0 Å². The van der Waals surface area contributed by atoms with Crippen LogP contribution < -0.4 is 11.2 Å². The van der Waals surface area contributed by atoms with Crippen molar-refractivity contribution in [1.82, 2.24) is 25.3 Å². The van der Waals surface area contributed by atoms with Crippen molar-refractivity contribution in [3.05, 3.63) is 11.9 Å². The Morgan fingerprint density at radius 1 is 1.53 bits per heavy atom. The molecule has 0 radical (unpaired) electrons. The number of hydrogen-bond donors (Lipinski definition) is 2. The third-order valence-electron chi connectivity index (χ3n) is 2.79. The van der Waals surface area contributed by atoms with Gasteiger partial charge in [-0.2, -0.15) is 0 Å². The average Bonchev–Trinajstić information content (AvgIpc) is 2.68. The van der Waals surface area contributed by atoms with E-state index >= 15 is 0 Å². The zero-order valence-corrected chi connectivity index (χ0v) is 9.06. The number of aromatic nitrogens is 3. The Hall–Kier alpha value is -0.980. The maximum atomic E-state index is 5.71. The molecule has 15 heavy (non-hydrogen) atoms. The van der Waals surface area contributed by atoms with Crippen LogP contribution in [-0.2, 0) is 6.54 Å². The molecule has 1 aromatic rings. The van der Waals surface area contributed by atoms with Crippen molar-refractivity contribution in [2.24, 2.45) is 5.84 Å². The van der Waals surface area contributed by atoms with Crippen LogP contribution in [0.3, 0.4) is 0 Å². The van der Waals surface area contributed by atoms with E-state index in [0.717, 1.165) is 38.2 Å². The predicted octanol–water partition coefficient (Wildman–Crippen LogP) is -0.492. The van der Waals surface area contributed by atoms with Gasteiger partial charge in [-0.05, 0) is 19.9 Å². The van der Waals surface area contributed by atoms with Crippen LogP contribution in [0.4, 0.5) is 0 Å². The second-order valence-corrected chi connectivity index (χ2v) is 3.99. The van der Waals surface area contributed by atoms with Gasteiger partial charge in [0.05, 0.1) is 17.9 Å². The van der Waals surface area contributed by atoms with Gasteiger partial charge in [0.15, 0.2) is 0 Å². The van der Waals surface area contributed by atoms with E-state index in [1.807, 2.05) is 22.9 Å². The highest BCUT2D eigenvalue weighted by molar-refractivity contribution is 4.93. The first-order valence-corrected chi connectivity index (χ1v) is 5.34. The Labute approximate surface area is 89.4 Å². The van der Waals surface area contributed by atoms with Gasteiger partial charge in [-0.15, -0.1) is 5.10 Å². The molecule has 0 unspecified atom stereocenters. The van der Waals surface area contributed by atoms with Gasteiger partial charge in [0, 0.05) is 19.6 Å². The first-order valence-electron chi connectivity index (χ1n) is 5.34. The fourth-order valence-corrected chi connectivity index (χ4v) is 1.90. The molecule has 1 fully saturated rings. The fourth-order valence-electron chi connectivity index (χ4n) is 1.90.